The molecule has 0 spiro atoms. The summed E-state index contributed by atoms with van der Waals surface area (Å²) < 4.78 is 14.3. The number of para-hydroxylation sites is 1. The van der Waals surface area contributed by atoms with Gasteiger partial charge < -0.3 is 4.90 Å². The lowest BCUT2D eigenvalue weighted by Gasteiger charge is -2.39. The zero-order valence-corrected chi connectivity index (χ0v) is 17.1. The van der Waals surface area contributed by atoms with Crippen molar-refractivity contribution >= 4 is 28.7 Å². The van der Waals surface area contributed by atoms with Gasteiger partial charge in [-0.2, -0.15) is 0 Å². The lowest BCUT2D eigenvalue weighted by atomic mass is 10.1. The summed E-state index contributed by atoms with van der Waals surface area (Å²) in [6.07, 6.45) is 3.51. The van der Waals surface area contributed by atoms with Crippen LogP contribution in [0.4, 0.5) is 33.1 Å². The molecule has 160 valence electrons. The first kappa shape index (κ1) is 20.7. The first-order chi connectivity index (χ1) is 15.0. The second kappa shape index (κ2) is 9.05. The van der Waals surface area contributed by atoms with Gasteiger partial charge in [-0.3, -0.25) is 20.1 Å². The number of piperidine rings is 1. The molecule has 0 saturated carbocycles. The maximum absolute atomic E-state index is 14.3. The predicted molar refractivity (Wildman–Crippen MR) is 117 cm³/mol. The van der Waals surface area contributed by atoms with E-state index in [1.54, 1.807) is 33.4 Å². The van der Waals surface area contributed by atoms with Gasteiger partial charge in [0.1, 0.15) is 12.0 Å². The maximum atomic E-state index is 14.3. The van der Waals surface area contributed by atoms with Crippen LogP contribution in [0, 0.1) is 10.1 Å². The zero-order valence-electron chi connectivity index (χ0n) is 17.1. The molecule has 0 bridgehead atoms. The molecule has 1 aliphatic rings. The fraction of sp³-hybridized carbons (Fsp3) is 0.273. The molecule has 1 aromatic carbocycles. The average molecular weight is 422 g/mol. The number of nitro groups is 1. The van der Waals surface area contributed by atoms with Gasteiger partial charge in [0, 0.05) is 32.4 Å². The fourth-order valence-corrected chi connectivity index (χ4v) is 3.68. The minimum atomic E-state index is -1.000. The van der Waals surface area contributed by atoms with Gasteiger partial charge in [0.25, 0.3) is 0 Å². The molecule has 1 unspecified atom stereocenters. The highest BCUT2D eigenvalue weighted by molar-refractivity contribution is 5.71. The first-order valence-electron chi connectivity index (χ1n) is 10.1. The molecule has 1 saturated heterocycles. The van der Waals surface area contributed by atoms with E-state index in [0.29, 0.717) is 30.9 Å². The first-order valence-corrected chi connectivity index (χ1v) is 10.1. The van der Waals surface area contributed by atoms with Crippen LogP contribution in [0.3, 0.4) is 0 Å². The van der Waals surface area contributed by atoms with Crippen LogP contribution in [0.15, 0.2) is 67.0 Å². The molecule has 1 atom stereocenters. The summed E-state index contributed by atoms with van der Waals surface area (Å²) in [4.78, 5) is 22.0. The molecule has 3 heterocycles. The average Bonchev–Trinajstić information content (AvgIpc) is 2.80. The molecule has 1 aliphatic heterocycles. The van der Waals surface area contributed by atoms with Crippen molar-refractivity contribution in [1.29, 1.82) is 0 Å². The third-order valence-corrected chi connectivity index (χ3v) is 5.24. The number of benzene rings is 1. The van der Waals surface area contributed by atoms with Gasteiger partial charge in [-0.1, -0.05) is 18.2 Å². The number of hydrazine groups is 1. The number of hydrogen-bond donors (Lipinski definition) is 0. The van der Waals surface area contributed by atoms with Crippen molar-refractivity contribution < 1.29 is 9.31 Å². The van der Waals surface area contributed by atoms with Gasteiger partial charge in [-0.15, -0.1) is 0 Å². The van der Waals surface area contributed by atoms with Crippen LogP contribution in [-0.2, 0) is 0 Å². The molecule has 0 N–H and O–H groups in total. The molecule has 8 nitrogen and oxygen atoms in total. The fourth-order valence-electron chi connectivity index (χ4n) is 3.68. The Bertz CT molecular complexity index is 1040. The van der Waals surface area contributed by atoms with Crippen LogP contribution < -0.4 is 9.91 Å². The summed E-state index contributed by atoms with van der Waals surface area (Å²) >= 11 is 0. The van der Waals surface area contributed by atoms with Crippen LogP contribution in [0.1, 0.15) is 12.8 Å². The number of pyridine rings is 2. The van der Waals surface area contributed by atoms with E-state index in [9.17, 15) is 14.5 Å². The summed E-state index contributed by atoms with van der Waals surface area (Å²) in [5.41, 5.74) is 1.34. The Morgan fingerprint density at radius 2 is 1.90 bits per heavy atom. The molecule has 2 aromatic heterocycles. The lowest BCUT2D eigenvalue weighted by Crippen LogP contribution is -2.47. The quantitative estimate of drug-likeness (QED) is 0.423. The number of hydrogen-bond acceptors (Lipinski definition) is 7. The molecular formula is C22H23FN6O2. The van der Waals surface area contributed by atoms with Gasteiger partial charge >= 0.3 is 5.69 Å². The molecule has 1 fully saturated rings. The molecule has 0 amide bonds. The minimum absolute atomic E-state index is 0.145. The molecule has 3 aromatic rings. The Hall–Kier alpha value is -3.59. The third-order valence-electron chi connectivity index (χ3n) is 5.24. The van der Waals surface area contributed by atoms with Crippen LogP contribution in [-0.4, -0.2) is 46.2 Å². The van der Waals surface area contributed by atoms with Gasteiger partial charge in [-0.05, 0) is 43.2 Å². The van der Waals surface area contributed by atoms with E-state index in [0.717, 1.165) is 5.69 Å². The van der Waals surface area contributed by atoms with Crippen LogP contribution in [0.5, 0.6) is 0 Å². The van der Waals surface area contributed by atoms with Crippen molar-refractivity contribution in [1.82, 2.24) is 15.0 Å². The topological polar surface area (TPSA) is 78.6 Å². The van der Waals surface area contributed by atoms with Gasteiger partial charge in [0.05, 0.1) is 22.5 Å². The molecule has 9 heteroatoms. The second-order valence-electron chi connectivity index (χ2n) is 7.34. The maximum Gasteiger partial charge on any atom is 0.313 e. The molecule has 0 radical (unpaired) electrons. The highest BCUT2D eigenvalue weighted by atomic mass is 19.1. The largest absolute Gasteiger partial charge is 0.328 e. The van der Waals surface area contributed by atoms with Crippen molar-refractivity contribution in [3.05, 3.63) is 77.1 Å². The van der Waals surface area contributed by atoms with E-state index in [1.807, 2.05) is 49.5 Å². The summed E-state index contributed by atoms with van der Waals surface area (Å²) in [6.45, 7) is 0.729. The second-order valence-corrected chi connectivity index (χ2v) is 7.34. The zero-order chi connectivity index (χ0) is 21.8. The predicted octanol–water partition coefficient (Wildman–Crippen LogP) is 4.64. The van der Waals surface area contributed by atoms with Crippen molar-refractivity contribution in [2.24, 2.45) is 0 Å². The van der Waals surface area contributed by atoms with Gasteiger partial charge in [-0.25, -0.2) is 14.4 Å². The smallest absolute Gasteiger partial charge is 0.313 e. The van der Waals surface area contributed by atoms with Gasteiger partial charge in [0.15, 0.2) is 0 Å². The van der Waals surface area contributed by atoms with Crippen LogP contribution >= 0.6 is 0 Å². The summed E-state index contributed by atoms with van der Waals surface area (Å²) in [5, 5.41) is 15.3. The normalized spacial score (nSPS) is 16.6. The van der Waals surface area contributed by atoms with E-state index < -0.39 is 11.1 Å². The SMILES string of the molecule is CN(c1cccnc1)c1ccc([N+](=O)[O-])c(N(c2ccccc2)N2CCCC(F)C2)n1. The molecule has 31 heavy (non-hydrogen) atoms. The van der Waals surface area contributed by atoms with E-state index >= 15 is 0 Å². The van der Waals surface area contributed by atoms with E-state index in [-0.39, 0.29) is 18.1 Å². The Balaban J connectivity index is 1.83. The summed E-state index contributed by atoms with van der Waals surface area (Å²) in [5.74, 6) is 0.668. The minimum Gasteiger partial charge on any atom is -0.328 e. The summed E-state index contributed by atoms with van der Waals surface area (Å²) in [7, 11) is 1.82. The van der Waals surface area contributed by atoms with E-state index in [4.69, 9.17) is 0 Å². The molecule has 0 aliphatic carbocycles. The van der Waals surface area contributed by atoms with Crippen molar-refractivity contribution in [2.75, 3.05) is 30.0 Å². The highest BCUT2D eigenvalue weighted by Crippen LogP contribution is 2.37. The Kier molecular flexibility index (Phi) is 6.03. The van der Waals surface area contributed by atoms with Crippen molar-refractivity contribution in [2.45, 2.75) is 19.0 Å². The standard InChI is InChI=1S/C22H23FN6O2/c1-26(19-10-5-13-24-15-19)21-12-11-20(29(30)31)22(25-21)28(18-8-3-2-4-9-18)27-14-6-7-17(23)16-27/h2-5,8-13,15,17H,6-7,14,16H2,1H3. The van der Waals surface area contributed by atoms with Gasteiger partial charge in [0.2, 0.25) is 5.82 Å². The van der Waals surface area contributed by atoms with Crippen LogP contribution in [0.2, 0.25) is 0 Å². The number of alkyl halides is 1. The van der Waals surface area contributed by atoms with Crippen LogP contribution in [0.25, 0.3) is 0 Å². The third kappa shape index (κ3) is 4.46. The number of rotatable bonds is 6. The number of aromatic nitrogens is 2. The number of halogens is 1. The Morgan fingerprint density at radius 3 is 2.58 bits per heavy atom. The van der Waals surface area contributed by atoms with E-state index in [2.05, 4.69) is 9.97 Å². The Labute approximate surface area is 179 Å². The Morgan fingerprint density at radius 1 is 1.13 bits per heavy atom. The summed E-state index contributed by atoms with van der Waals surface area (Å²) in [6, 6.07) is 16.0. The molecule has 4 rings (SSSR count). The van der Waals surface area contributed by atoms with Crippen molar-refractivity contribution in [3.8, 4) is 0 Å². The monoisotopic (exact) mass is 422 g/mol. The lowest BCUT2D eigenvalue weighted by molar-refractivity contribution is -0.384. The van der Waals surface area contributed by atoms with Crippen molar-refractivity contribution in [3.63, 3.8) is 0 Å². The van der Waals surface area contributed by atoms with E-state index in [1.165, 1.54) is 6.07 Å². The number of anilines is 4. The highest BCUT2D eigenvalue weighted by Gasteiger charge is 2.31. The molecular weight excluding hydrogens is 399 g/mol. The number of nitrogens with zero attached hydrogens (tertiary/aromatic N) is 6.